The fourth-order valence-corrected chi connectivity index (χ4v) is 5.56. The van der Waals surface area contributed by atoms with Crippen LogP contribution in [0, 0.1) is 23.6 Å². The minimum atomic E-state index is -0.468. The predicted molar refractivity (Wildman–Crippen MR) is 106 cm³/mol. The number of carbonyl (C=O) groups is 3. The second-order valence-corrected chi connectivity index (χ2v) is 9.18. The van der Waals surface area contributed by atoms with Crippen molar-refractivity contribution in [1.82, 2.24) is 20.1 Å². The summed E-state index contributed by atoms with van der Waals surface area (Å²) in [6, 6.07) is 2.70. The predicted octanol–water partition coefficient (Wildman–Crippen LogP) is 1.59. The van der Waals surface area contributed by atoms with Crippen LogP contribution in [-0.4, -0.2) is 64.2 Å². The summed E-state index contributed by atoms with van der Waals surface area (Å²) < 4.78 is 13.2. The van der Waals surface area contributed by atoms with E-state index in [0.717, 1.165) is 38.3 Å². The molecular formula is C22H27FN4O3. The van der Waals surface area contributed by atoms with E-state index in [4.69, 9.17) is 0 Å². The molecule has 0 radical (unpaired) electrons. The van der Waals surface area contributed by atoms with Crippen molar-refractivity contribution in [2.45, 2.75) is 50.6 Å². The first-order chi connectivity index (χ1) is 14.5. The molecule has 1 N–H and O–H groups in total. The monoisotopic (exact) mass is 414 g/mol. The number of carbonyl (C=O) groups excluding carboxylic acids is 3. The summed E-state index contributed by atoms with van der Waals surface area (Å²) >= 11 is 0. The highest BCUT2D eigenvalue weighted by Crippen LogP contribution is 2.41. The average molecular weight is 414 g/mol. The maximum absolute atomic E-state index is 13.2. The van der Waals surface area contributed by atoms with Crippen LogP contribution >= 0.6 is 0 Å². The van der Waals surface area contributed by atoms with E-state index in [1.54, 1.807) is 0 Å². The number of pyridine rings is 1. The molecular weight excluding hydrogens is 387 g/mol. The van der Waals surface area contributed by atoms with E-state index in [-0.39, 0.29) is 53.3 Å². The highest BCUT2D eigenvalue weighted by molar-refractivity contribution is 5.92. The summed E-state index contributed by atoms with van der Waals surface area (Å²) in [6.07, 6.45) is 6.28. The van der Waals surface area contributed by atoms with Gasteiger partial charge in [-0.2, -0.15) is 0 Å². The Morgan fingerprint density at radius 1 is 1.17 bits per heavy atom. The Kier molecular flexibility index (Phi) is 4.95. The van der Waals surface area contributed by atoms with Crippen molar-refractivity contribution in [3.8, 4) is 0 Å². The van der Waals surface area contributed by atoms with Crippen molar-refractivity contribution in [2.75, 3.05) is 19.6 Å². The molecule has 0 spiro atoms. The smallest absolute Gasteiger partial charge is 0.272 e. The van der Waals surface area contributed by atoms with Gasteiger partial charge in [0, 0.05) is 38.0 Å². The van der Waals surface area contributed by atoms with Crippen LogP contribution in [0.3, 0.4) is 0 Å². The largest absolute Gasteiger partial charge is 0.354 e. The molecule has 1 aromatic rings. The quantitative estimate of drug-likeness (QED) is 0.811. The topological polar surface area (TPSA) is 82.6 Å². The lowest BCUT2D eigenvalue weighted by Crippen LogP contribution is -2.67. The van der Waals surface area contributed by atoms with Crippen LogP contribution in [0.1, 0.15) is 49.0 Å². The Morgan fingerprint density at radius 2 is 1.97 bits per heavy atom. The molecule has 2 bridgehead atoms. The summed E-state index contributed by atoms with van der Waals surface area (Å²) in [5.41, 5.74) is 0.242. The lowest BCUT2D eigenvalue weighted by Gasteiger charge is -2.56. The van der Waals surface area contributed by atoms with Gasteiger partial charge in [0.25, 0.3) is 5.91 Å². The molecule has 1 aliphatic carbocycles. The van der Waals surface area contributed by atoms with E-state index < -0.39 is 5.82 Å². The number of amides is 3. The summed E-state index contributed by atoms with van der Waals surface area (Å²) in [4.78, 5) is 45.9. The van der Waals surface area contributed by atoms with Gasteiger partial charge in [0.2, 0.25) is 11.8 Å². The number of likely N-dealkylation sites (tertiary alicyclic amines) is 1. The molecule has 1 saturated carbocycles. The lowest BCUT2D eigenvalue weighted by molar-refractivity contribution is -0.152. The van der Waals surface area contributed by atoms with Crippen molar-refractivity contribution in [2.24, 2.45) is 17.8 Å². The van der Waals surface area contributed by atoms with Gasteiger partial charge in [-0.25, -0.2) is 9.37 Å². The van der Waals surface area contributed by atoms with Crippen molar-refractivity contribution in [1.29, 1.82) is 0 Å². The Balaban J connectivity index is 1.36. The molecule has 4 fully saturated rings. The first kappa shape index (κ1) is 19.5. The highest BCUT2D eigenvalue weighted by Gasteiger charge is 2.50. The Labute approximate surface area is 175 Å². The average Bonchev–Trinajstić information content (AvgIpc) is 3.59. The molecule has 4 heterocycles. The third-order valence-corrected chi connectivity index (χ3v) is 7.16. The maximum atomic E-state index is 13.2. The number of nitrogens with one attached hydrogen (secondary N) is 1. The SMILES string of the molecule is O=C(NC[C@H]1[C@H]2C[C@H](CN(C(=O)c3ccc(F)cn3)C2)[C@@H]2CCCC(=O)N21)C1CC1. The van der Waals surface area contributed by atoms with Gasteiger partial charge in [0.15, 0.2) is 0 Å². The van der Waals surface area contributed by atoms with Gasteiger partial charge < -0.3 is 15.1 Å². The molecule has 3 saturated heterocycles. The zero-order valence-corrected chi connectivity index (χ0v) is 16.9. The van der Waals surface area contributed by atoms with Crippen molar-refractivity contribution in [3.05, 3.63) is 29.8 Å². The van der Waals surface area contributed by atoms with Gasteiger partial charge in [0.1, 0.15) is 11.5 Å². The first-order valence-corrected chi connectivity index (χ1v) is 11.0. The summed E-state index contributed by atoms with van der Waals surface area (Å²) in [6.45, 7) is 1.56. The van der Waals surface area contributed by atoms with Crippen LogP contribution in [0.15, 0.2) is 18.3 Å². The van der Waals surface area contributed by atoms with Gasteiger partial charge in [-0.15, -0.1) is 0 Å². The zero-order valence-electron chi connectivity index (χ0n) is 16.9. The van der Waals surface area contributed by atoms with Gasteiger partial charge in [-0.3, -0.25) is 14.4 Å². The second-order valence-electron chi connectivity index (χ2n) is 9.18. The molecule has 3 amide bonds. The minimum Gasteiger partial charge on any atom is -0.354 e. The molecule has 30 heavy (non-hydrogen) atoms. The minimum absolute atomic E-state index is 0.0809. The van der Waals surface area contributed by atoms with Gasteiger partial charge in [-0.05, 0) is 56.1 Å². The fourth-order valence-electron chi connectivity index (χ4n) is 5.56. The molecule has 160 valence electrons. The number of nitrogens with zero attached hydrogens (tertiary/aromatic N) is 3. The van der Waals surface area contributed by atoms with Crippen LogP contribution in [-0.2, 0) is 9.59 Å². The van der Waals surface area contributed by atoms with Crippen molar-refractivity contribution < 1.29 is 18.8 Å². The van der Waals surface area contributed by atoms with Crippen LogP contribution in [0.4, 0.5) is 4.39 Å². The molecule has 4 aliphatic rings. The van der Waals surface area contributed by atoms with Crippen LogP contribution in [0.2, 0.25) is 0 Å². The number of hydrogen-bond acceptors (Lipinski definition) is 4. The number of halogens is 1. The number of hydrogen-bond donors (Lipinski definition) is 1. The zero-order chi connectivity index (χ0) is 20.8. The maximum Gasteiger partial charge on any atom is 0.272 e. The molecule has 3 aliphatic heterocycles. The second kappa shape index (κ2) is 7.63. The van der Waals surface area contributed by atoms with E-state index in [1.165, 1.54) is 12.1 Å². The fraction of sp³-hybridized carbons (Fsp3) is 0.636. The summed E-state index contributed by atoms with van der Waals surface area (Å²) in [5, 5.41) is 3.06. The Morgan fingerprint density at radius 3 is 2.70 bits per heavy atom. The van der Waals surface area contributed by atoms with Crippen LogP contribution < -0.4 is 5.32 Å². The normalized spacial score (nSPS) is 30.6. The van der Waals surface area contributed by atoms with Crippen molar-refractivity contribution >= 4 is 17.7 Å². The molecule has 5 rings (SSSR count). The number of fused-ring (bicyclic) bond motifs is 4. The molecule has 7 nitrogen and oxygen atoms in total. The summed E-state index contributed by atoms with van der Waals surface area (Å²) in [7, 11) is 0. The lowest BCUT2D eigenvalue weighted by atomic mass is 9.72. The summed E-state index contributed by atoms with van der Waals surface area (Å²) in [5.74, 6) is 0.0665. The van der Waals surface area contributed by atoms with E-state index in [9.17, 15) is 18.8 Å². The van der Waals surface area contributed by atoms with E-state index in [1.807, 2.05) is 9.80 Å². The molecule has 1 aromatic heterocycles. The van der Waals surface area contributed by atoms with E-state index in [2.05, 4.69) is 10.3 Å². The number of rotatable bonds is 4. The van der Waals surface area contributed by atoms with Gasteiger partial charge >= 0.3 is 0 Å². The van der Waals surface area contributed by atoms with E-state index >= 15 is 0 Å². The number of piperidine rings is 3. The molecule has 4 atom stereocenters. The first-order valence-electron chi connectivity index (χ1n) is 11.0. The van der Waals surface area contributed by atoms with E-state index in [0.29, 0.717) is 26.1 Å². The molecule has 8 heteroatoms. The highest BCUT2D eigenvalue weighted by atomic mass is 19.1. The van der Waals surface area contributed by atoms with Crippen LogP contribution in [0.5, 0.6) is 0 Å². The molecule has 0 unspecified atom stereocenters. The van der Waals surface area contributed by atoms with Crippen LogP contribution in [0.25, 0.3) is 0 Å². The Bertz CT molecular complexity index is 856. The van der Waals surface area contributed by atoms with Gasteiger partial charge in [-0.1, -0.05) is 0 Å². The van der Waals surface area contributed by atoms with Crippen molar-refractivity contribution in [3.63, 3.8) is 0 Å². The molecule has 0 aromatic carbocycles. The number of aromatic nitrogens is 1. The third kappa shape index (κ3) is 3.56. The third-order valence-electron chi connectivity index (χ3n) is 7.16. The Hall–Kier alpha value is -2.51. The van der Waals surface area contributed by atoms with Gasteiger partial charge in [0.05, 0.1) is 12.2 Å². The standard InChI is InChI=1S/C22H27FN4O3/c23-16-6-7-17(24-9-16)22(30)26-11-14-8-15(12-26)19(10-25-21(29)13-4-5-13)27-18(14)2-1-3-20(27)28/h6-7,9,13-15,18-19H,1-5,8,10-12H2,(H,25,29)/t14-,15+,18+,19+/m1/s1.